The van der Waals surface area contributed by atoms with Crippen LogP contribution in [0.1, 0.15) is 27.7 Å². The molecule has 148 valence electrons. The number of methoxy groups -OCH3 is 1. The Morgan fingerprint density at radius 2 is 1.78 bits per heavy atom. The largest absolute Gasteiger partial charge is 0.496 e. The van der Waals surface area contributed by atoms with Gasteiger partial charge in [0.2, 0.25) is 10.0 Å². The topological polar surface area (TPSA) is 82.1 Å². The maximum Gasteiger partial charge on any atom is 0.496 e. The van der Waals surface area contributed by atoms with Crippen molar-refractivity contribution in [2.24, 2.45) is 5.92 Å². The molecule has 0 N–H and O–H groups in total. The first-order valence-corrected chi connectivity index (χ1v) is 10.4. The second kappa shape index (κ2) is 6.74. The molecule has 0 aromatic heterocycles. The van der Waals surface area contributed by atoms with Gasteiger partial charge >= 0.3 is 13.1 Å². The van der Waals surface area contributed by atoms with E-state index in [9.17, 15) is 13.2 Å². The molecule has 2 fully saturated rings. The van der Waals surface area contributed by atoms with Gasteiger partial charge in [-0.3, -0.25) is 4.79 Å². The highest BCUT2D eigenvalue weighted by molar-refractivity contribution is 7.89. The summed E-state index contributed by atoms with van der Waals surface area (Å²) in [5.41, 5.74) is -0.469. The minimum absolute atomic E-state index is 0.0658. The number of hydrogen-bond donors (Lipinski definition) is 0. The molecule has 0 amide bonds. The molecular formula is C17H23BClNO6S. The van der Waals surface area contributed by atoms with E-state index in [-0.39, 0.29) is 23.0 Å². The fourth-order valence-corrected chi connectivity index (χ4v) is 4.82. The summed E-state index contributed by atoms with van der Waals surface area (Å²) in [6.45, 7) is 7.93. The van der Waals surface area contributed by atoms with Crippen molar-refractivity contribution < 1.29 is 27.3 Å². The fourth-order valence-electron chi connectivity index (χ4n) is 2.93. The van der Waals surface area contributed by atoms with Gasteiger partial charge in [0, 0.05) is 23.6 Å². The Balaban J connectivity index is 1.79. The molecule has 27 heavy (non-hydrogen) atoms. The molecule has 0 bridgehead atoms. The van der Waals surface area contributed by atoms with Crippen LogP contribution in [0.25, 0.3) is 0 Å². The van der Waals surface area contributed by atoms with Gasteiger partial charge in [-0.25, -0.2) is 8.42 Å². The smallest absolute Gasteiger partial charge is 0.469 e. The van der Waals surface area contributed by atoms with Crippen molar-refractivity contribution in [1.82, 2.24) is 4.31 Å². The molecule has 2 aliphatic heterocycles. The summed E-state index contributed by atoms with van der Waals surface area (Å²) in [5.74, 6) is -0.833. The molecule has 0 atom stereocenters. The summed E-state index contributed by atoms with van der Waals surface area (Å²) < 4.78 is 43.2. The average molecular weight is 416 g/mol. The van der Waals surface area contributed by atoms with Gasteiger partial charge in [-0.05, 0) is 39.8 Å². The van der Waals surface area contributed by atoms with Gasteiger partial charge in [0.05, 0.1) is 29.1 Å². The zero-order valence-electron chi connectivity index (χ0n) is 16.0. The van der Waals surface area contributed by atoms with E-state index < -0.39 is 40.2 Å². The fraction of sp³-hybridized carbons (Fsp3) is 0.588. The summed E-state index contributed by atoms with van der Waals surface area (Å²) in [5, 5.41) is 0.250. The van der Waals surface area contributed by atoms with Crippen LogP contribution >= 0.6 is 11.6 Å². The number of nitrogens with zero attached hydrogens (tertiary/aromatic N) is 1. The first-order chi connectivity index (χ1) is 12.4. The van der Waals surface area contributed by atoms with Crippen molar-refractivity contribution in [1.29, 1.82) is 0 Å². The molecule has 3 rings (SSSR count). The molecule has 0 radical (unpaired) electrons. The van der Waals surface area contributed by atoms with Crippen molar-refractivity contribution in [3.05, 3.63) is 23.2 Å². The Morgan fingerprint density at radius 3 is 2.26 bits per heavy atom. The third-order valence-electron chi connectivity index (χ3n) is 5.50. The Kier molecular flexibility index (Phi) is 5.14. The molecule has 7 nitrogen and oxygen atoms in total. The van der Waals surface area contributed by atoms with E-state index in [1.807, 2.05) is 27.7 Å². The highest BCUT2D eigenvalue weighted by Crippen LogP contribution is 2.37. The van der Waals surface area contributed by atoms with E-state index in [0.717, 1.165) is 0 Å². The second-order valence-electron chi connectivity index (χ2n) is 7.81. The molecular weight excluding hydrogens is 393 g/mol. The highest BCUT2D eigenvalue weighted by Gasteiger charge is 2.52. The summed E-state index contributed by atoms with van der Waals surface area (Å²) in [6, 6.07) is 4.48. The number of carbonyl (C=O) groups is 1. The van der Waals surface area contributed by atoms with Crippen LogP contribution < -0.4 is 5.46 Å². The summed E-state index contributed by atoms with van der Waals surface area (Å²) >= 11 is 6.35. The maximum absolute atomic E-state index is 12.7. The molecule has 2 saturated heterocycles. The Hall–Kier alpha value is -1.13. The molecule has 0 saturated carbocycles. The predicted octanol–water partition coefficient (Wildman–Crippen LogP) is 1.43. The van der Waals surface area contributed by atoms with E-state index in [4.69, 9.17) is 20.9 Å². The van der Waals surface area contributed by atoms with Gasteiger partial charge < -0.3 is 14.0 Å². The zero-order valence-corrected chi connectivity index (χ0v) is 17.6. The van der Waals surface area contributed by atoms with Crippen molar-refractivity contribution >= 4 is 40.2 Å². The van der Waals surface area contributed by atoms with E-state index in [2.05, 4.69) is 4.74 Å². The highest BCUT2D eigenvalue weighted by atomic mass is 35.5. The van der Waals surface area contributed by atoms with E-state index in [1.54, 1.807) is 6.07 Å². The number of carbonyl (C=O) groups excluding carboxylic acids is 1. The molecule has 2 aliphatic rings. The monoisotopic (exact) mass is 415 g/mol. The van der Waals surface area contributed by atoms with Gasteiger partial charge in [-0.1, -0.05) is 17.7 Å². The van der Waals surface area contributed by atoms with E-state index in [0.29, 0.717) is 5.46 Å². The SMILES string of the molecule is COC(=O)C1CN(S(=O)(=O)c2ccc(B3OC(C)(C)C(C)(C)O3)c(Cl)c2)C1. The lowest BCUT2D eigenvalue weighted by Crippen LogP contribution is -2.53. The summed E-state index contributed by atoms with van der Waals surface area (Å²) in [4.78, 5) is 11.5. The number of esters is 1. The molecule has 10 heteroatoms. The second-order valence-corrected chi connectivity index (χ2v) is 10.2. The Labute approximate surface area is 165 Å². The third kappa shape index (κ3) is 3.51. The predicted molar refractivity (Wildman–Crippen MR) is 101 cm³/mol. The van der Waals surface area contributed by atoms with E-state index >= 15 is 0 Å². The van der Waals surface area contributed by atoms with Crippen molar-refractivity contribution in [3.8, 4) is 0 Å². The Morgan fingerprint density at radius 1 is 1.22 bits per heavy atom. The molecule has 1 aromatic rings. The Bertz CT molecular complexity index is 850. The van der Waals surface area contributed by atoms with Gasteiger partial charge in [0.15, 0.2) is 0 Å². The standard InChI is InChI=1S/C17H23BClNO6S/c1-16(2)17(3,4)26-18(25-16)13-7-6-12(8-14(13)19)27(22,23)20-9-11(10-20)15(21)24-5/h6-8,11H,9-10H2,1-5H3. The van der Waals surface area contributed by atoms with Crippen LogP contribution in [-0.2, 0) is 28.9 Å². The summed E-state index contributed by atoms with van der Waals surface area (Å²) in [6.07, 6.45) is 0. The number of ether oxygens (including phenoxy) is 1. The van der Waals surface area contributed by atoms with Crippen LogP contribution in [0.4, 0.5) is 0 Å². The number of benzene rings is 1. The quantitative estimate of drug-likeness (QED) is 0.546. The first-order valence-electron chi connectivity index (χ1n) is 8.62. The lowest BCUT2D eigenvalue weighted by atomic mass is 9.79. The number of rotatable bonds is 4. The van der Waals surface area contributed by atoms with Crippen molar-refractivity contribution in [2.45, 2.75) is 43.8 Å². The normalized spacial score (nSPS) is 22.5. The van der Waals surface area contributed by atoms with Crippen LogP contribution in [0.5, 0.6) is 0 Å². The van der Waals surface area contributed by atoms with Crippen LogP contribution in [-0.4, -0.2) is 57.2 Å². The molecule has 1 aromatic carbocycles. The van der Waals surface area contributed by atoms with Crippen LogP contribution in [0.2, 0.25) is 5.02 Å². The van der Waals surface area contributed by atoms with Gasteiger partial charge in [-0.15, -0.1) is 0 Å². The molecule has 0 spiro atoms. The summed E-state index contributed by atoms with van der Waals surface area (Å²) in [7, 11) is -3.11. The van der Waals surface area contributed by atoms with Crippen LogP contribution in [0.15, 0.2) is 23.1 Å². The third-order valence-corrected chi connectivity index (χ3v) is 7.65. The minimum atomic E-state index is -3.73. The van der Waals surface area contributed by atoms with Gasteiger partial charge in [-0.2, -0.15) is 4.31 Å². The zero-order chi connectivity index (χ0) is 20.2. The van der Waals surface area contributed by atoms with Crippen LogP contribution in [0.3, 0.4) is 0 Å². The number of sulfonamides is 1. The first kappa shape index (κ1) is 20.6. The van der Waals surface area contributed by atoms with Crippen molar-refractivity contribution in [2.75, 3.05) is 20.2 Å². The van der Waals surface area contributed by atoms with Gasteiger partial charge in [0.1, 0.15) is 0 Å². The minimum Gasteiger partial charge on any atom is -0.469 e. The molecule has 0 unspecified atom stereocenters. The maximum atomic E-state index is 12.7. The van der Waals surface area contributed by atoms with Crippen LogP contribution in [0, 0.1) is 5.92 Å². The lowest BCUT2D eigenvalue weighted by molar-refractivity contribution is -0.149. The molecule has 0 aliphatic carbocycles. The molecule has 2 heterocycles. The number of halogens is 1. The van der Waals surface area contributed by atoms with E-state index in [1.165, 1.54) is 23.5 Å². The lowest BCUT2D eigenvalue weighted by Gasteiger charge is -2.36. The van der Waals surface area contributed by atoms with Gasteiger partial charge in [0.25, 0.3) is 0 Å². The number of hydrogen-bond acceptors (Lipinski definition) is 6. The van der Waals surface area contributed by atoms with Crippen molar-refractivity contribution in [3.63, 3.8) is 0 Å². The average Bonchev–Trinajstić information content (AvgIpc) is 2.73.